The summed E-state index contributed by atoms with van der Waals surface area (Å²) in [5.41, 5.74) is 6.52. The first kappa shape index (κ1) is 17.2. The van der Waals surface area contributed by atoms with Gasteiger partial charge in [0, 0.05) is 5.69 Å². The Hall–Kier alpha value is -2.62. The Balaban J connectivity index is 1.49. The summed E-state index contributed by atoms with van der Waals surface area (Å²) in [6.07, 6.45) is 3.58. The molecule has 0 saturated heterocycles. The van der Waals surface area contributed by atoms with E-state index in [1.54, 1.807) is 0 Å². The maximum absolute atomic E-state index is 12.0. The van der Waals surface area contributed by atoms with Crippen molar-refractivity contribution in [2.24, 2.45) is 0 Å². The summed E-state index contributed by atoms with van der Waals surface area (Å²) in [6.45, 7) is 3.67. The van der Waals surface area contributed by atoms with E-state index >= 15 is 0 Å². The van der Waals surface area contributed by atoms with Crippen molar-refractivity contribution < 1.29 is 14.3 Å². The average molecular weight is 337 g/mol. The van der Waals surface area contributed by atoms with Crippen LogP contribution in [-0.4, -0.2) is 18.5 Å². The number of ether oxygens (including phenoxy) is 1. The minimum Gasteiger partial charge on any atom is -0.455 e. The van der Waals surface area contributed by atoms with E-state index in [-0.39, 0.29) is 24.9 Å². The van der Waals surface area contributed by atoms with E-state index in [2.05, 4.69) is 17.4 Å². The van der Waals surface area contributed by atoms with E-state index < -0.39 is 0 Å². The SMILES string of the molecule is Cc1ccc(NC(=O)COC(=O)Cc2ccc3c(c2)CCC3)c(C)c1. The third kappa shape index (κ3) is 4.47. The summed E-state index contributed by atoms with van der Waals surface area (Å²) in [7, 11) is 0. The molecule has 1 amide bonds. The topological polar surface area (TPSA) is 55.4 Å². The molecular weight excluding hydrogens is 314 g/mol. The number of carbonyl (C=O) groups excluding carboxylic acids is 2. The Kier molecular flexibility index (Phi) is 5.17. The van der Waals surface area contributed by atoms with Crippen LogP contribution in [0.2, 0.25) is 0 Å². The first-order chi connectivity index (χ1) is 12.0. The van der Waals surface area contributed by atoms with Gasteiger partial charge in [0.05, 0.1) is 6.42 Å². The Labute approximate surface area is 148 Å². The van der Waals surface area contributed by atoms with E-state index in [4.69, 9.17) is 4.74 Å². The fraction of sp³-hybridized carbons (Fsp3) is 0.333. The Morgan fingerprint density at radius 1 is 1.04 bits per heavy atom. The standard InChI is InChI=1S/C21H23NO3/c1-14-6-9-19(15(2)10-14)22-20(23)13-25-21(24)12-16-7-8-17-4-3-5-18(17)11-16/h6-11H,3-5,12-13H2,1-2H3,(H,22,23). The van der Waals surface area contributed by atoms with Gasteiger partial charge in [-0.05, 0) is 61.4 Å². The predicted octanol–water partition coefficient (Wildman–Crippen LogP) is 3.52. The van der Waals surface area contributed by atoms with Gasteiger partial charge in [0.1, 0.15) is 0 Å². The van der Waals surface area contributed by atoms with Gasteiger partial charge in [0.25, 0.3) is 5.91 Å². The molecule has 4 heteroatoms. The largest absolute Gasteiger partial charge is 0.455 e. The van der Waals surface area contributed by atoms with Crippen molar-refractivity contribution in [1.29, 1.82) is 0 Å². The summed E-state index contributed by atoms with van der Waals surface area (Å²) in [6, 6.07) is 11.9. The van der Waals surface area contributed by atoms with Crippen LogP contribution in [0.3, 0.4) is 0 Å². The molecule has 0 fully saturated rings. The lowest BCUT2D eigenvalue weighted by Crippen LogP contribution is -2.22. The first-order valence-corrected chi connectivity index (χ1v) is 8.64. The molecule has 0 heterocycles. The summed E-state index contributed by atoms with van der Waals surface area (Å²) < 4.78 is 5.11. The lowest BCUT2D eigenvalue weighted by Gasteiger charge is -2.10. The van der Waals surface area contributed by atoms with Crippen molar-refractivity contribution in [2.75, 3.05) is 11.9 Å². The number of carbonyl (C=O) groups is 2. The number of fused-ring (bicyclic) bond motifs is 1. The molecule has 3 rings (SSSR count). The van der Waals surface area contributed by atoms with Gasteiger partial charge in [-0.25, -0.2) is 0 Å². The van der Waals surface area contributed by atoms with E-state index in [0.29, 0.717) is 0 Å². The maximum atomic E-state index is 12.0. The van der Waals surface area contributed by atoms with E-state index in [1.807, 2.05) is 38.1 Å². The van der Waals surface area contributed by atoms with Crippen molar-refractivity contribution in [2.45, 2.75) is 39.5 Å². The van der Waals surface area contributed by atoms with Crippen molar-refractivity contribution in [3.63, 3.8) is 0 Å². The summed E-state index contributed by atoms with van der Waals surface area (Å²) in [5.74, 6) is -0.706. The van der Waals surface area contributed by atoms with Gasteiger partial charge in [-0.3, -0.25) is 9.59 Å². The smallest absolute Gasteiger partial charge is 0.310 e. The number of benzene rings is 2. The van der Waals surface area contributed by atoms with Crippen LogP contribution < -0.4 is 5.32 Å². The molecule has 0 aromatic heterocycles. The number of hydrogen-bond acceptors (Lipinski definition) is 3. The highest BCUT2D eigenvalue weighted by Crippen LogP contribution is 2.23. The molecule has 0 spiro atoms. The number of hydrogen-bond donors (Lipinski definition) is 1. The highest BCUT2D eigenvalue weighted by molar-refractivity contribution is 5.93. The number of nitrogens with one attached hydrogen (secondary N) is 1. The van der Waals surface area contributed by atoms with Crippen LogP contribution in [0.25, 0.3) is 0 Å². The zero-order valence-corrected chi connectivity index (χ0v) is 14.7. The van der Waals surface area contributed by atoms with Crippen molar-refractivity contribution in [3.05, 3.63) is 64.2 Å². The van der Waals surface area contributed by atoms with E-state index in [1.165, 1.54) is 17.5 Å². The van der Waals surface area contributed by atoms with Crippen LogP contribution in [-0.2, 0) is 33.6 Å². The molecule has 0 bridgehead atoms. The van der Waals surface area contributed by atoms with Gasteiger partial charge in [0.15, 0.2) is 6.61 Å². The molecule has 2 aromatic rings. The lowest BCUT2D eigenvalue weighted by molar-refractivity contribution is -0.146. The second-order valence-electron chi connectivity index (χ2n) is 6.66. The fourth-order valence-corrected chi connectivity index (χ4v) is 3.24. The number of esters is 1. The number of anilines is 1. The Bertz CT molecular complexity index is 811. The van der Waals surface area contributed by atoms with Gasteiger partial charge in [-0.2, -0.15) is 0 Å². The zero-order chi connectivity index (χ0) is 17.8. The molecule has 0 radical (unpaired) electrons. The van der Waals surface area contributed by atoms with Crippen LogP contribution in [0, 0.1) is 13.8 Å². The fourth-order valence-electron chi connectivity index (χ4n) is 3.24. The second kappa shape index (κ2) is 7.51. The van der Waals surface area contributed by atoms with Crippen LogP contribution in [0.1, 0.15) is 34.2 Å². The van der Waals surface area contributed by atoms with Gasteiger partial charge in [0.2, 0.25) is 0 Å². The third-order valence-corrected chi connectivity index (χ3v) is 4.53. The van der Waals surface area contributed by atoms with Crippen molar-refractivity contribution >= 4 is 17.6 Å². The first-order valence-electron chi connectivity index (χ1n) is 8.64. The van der Waals surface area contributed by atoms with Crippen LogP contribution in [0.15, 0.2) is 36.4 Å². The number of rotatable bonds is 5. The van der Waals surface area contributed by atoms with Gasteiger partial charge in [-0.1, -0.05) is 35.9 Å². The van der Waals surface area contributed by atoms with Crippen LogP contribution in [0.5, 0.6) is 0 Å². The molecule has 1 aliphatic carbocycles. The van der Waals surface area contributed by atoms with Gasteiger partial charge >= 0.3 is 5.97 Å². The molecule has 1 aliphatic rings. The van der Waals surface area contributed by atoms with E-state index in [9.17, 15) is 9.59 Å². The minimum absolute atomic E-state index is 0.199. The summed E-state index contributed by atoms with van der Waals surface area (Å²) >= 11 is 0. The van der Waals surface area contributed by atoms with Crippen molar-refractivity contribution in [1.82, 2.24) is 0 Å². The minimum atomic E-state index is -0.381. The lowest BCUT2D eigenvalue weighted by atomic mass is 10.0. The van der Waals surface area contributed by atoms with Crippen LogP contribution in [0.4, 0.5) is 5.69 Å². The second-order valence-corrected chi connectivity index (χ2v) is 6.66. The summed E-state index contributed by atoms with van der Waals surface area (Å²) in [5, 5.41) is 2.77. The maximum Gasteiger partial charge on any atom is 0.310 e. The average Bonchev–Trinajstić information content (AvgIpc) is 3.03. The molecule has 0 saturated carbocycles. The highest BCUT2D eigenvalue weighted by Gasteiger charge is 2.14. The monoisotopic (exact) mass is 337 g/mol. The molecule has 0 unspecified atom stereocenters. The molecular formula is C21H23NO3. The predicted molar refractivity (Wildman–Crippen MR) is 97.7 cm³/mol. The zero-order valence-electron chi connectivity index (χ0n) is 14.7. The molecule has 0 aliphatic heterocycles. The molecule has 1 N–H and O–H groups in total. The highest BCUT2D eigenvalue weighted by atomic mass is 16.5. The Morgan fingerprint density at radius 3 is 2.64 bits per heavy atom. The molecule has 25 heavy (non-hydrogen) atoms. The molecule has 4 nitrogen and oxygen atoms in total. The van der Waals surface area contributed by atoms with Crippen LogP contribution >= 0.6 is 0 Å². The van der Waals surface area contributed by atoms with E-state index in [0.717, 1.165) is 35.2 Å². The summed E-state index contributed by atoms with van der Waals surface area (Å²) in [4.78, 5) is 24.0. The third-order valence-electron chi connectivity index (χ3n) is 4.53. The van der Waals surface area contributed by atoms with Gasteiger partial charge in [-0.15, -0.1) is 0 Å². The number of aryl methyl sites for hydroxylation is 4. The number of amides is 1. The van der Waals surface area contributed by atoms with Gasteiger partial charge < -0.3 is 10.1 Å². The quantitative estimate of drug-likeness (QED) is 0.850. The van der Waals surface area contributed by atoms with Crippen molar-refractivity contribution in [3.8, 4) is 0 Å². The Morgan fingerprint density at radius 2 is 1.84 bits per heavy atom. The molecule has 0 atom stereocenters. The normalized spacial score (nSPS) is 12.6. The molecule has 2 aromatic carbocycles. The molecule has 130 valence electrons.